The maximum absolute atomic E-state index is 12.4. The Labute approximate surface area is 141 Å². The smallest absolute Gasteiger partial charge is 0.270 e. The second-order valence-electron chi connectivity index (χ2n) is 4.99. The molecular weight excluding hydrogens is 350 g/mol. The van der Waals surface area contributed by atoms with E-state index in [1.165, 1.54) is 11.3 Å². The van der Waals surface area contributed by atoms with Gasteiger partial charge in [0.1, 0.15) is 9.88 Å². The fourth-order valence-corrected chi connectivity index (χ4v) is 3.37. The van der Waals surface area contributed by atoms with Crippen molar-refractivity contribution in [2.75, 3.05) is 11.6 Å². The molecule has 0 saturated carbocycles. The van der Waals surface area contributed by atoms with Crippen molar-refractivity contribution in [3.63, 3.8) is 0 Å². The molecule has 0 bridgehead atoms. The summed E-state index contributed by atoms with van der Waals surface area (Å²) in [6.07, 6.45) is 0.999. The van der Waals surface area contributed by atoms with E-state index in [4.69, 9.17) is 0 Å². The zero-order valence-corrected chi connectivity index (χ0v) is 14.4. The lowest BCUT2D eigenvalue weighted by Crippen LogP contribution is -2.12. The molecule has 2 N–H and O–H groups in total. The number of hydrogen-bond donors (Lipinski definition) is 2. The summed E-state index contributed by atoms with van der Waals surface area (Å²) in [5.41, 5.74) is 1.50. The number of rotatable bonds is 4. The van der Waals surface area contributed by atoms with Crippen molar-refractivity contribution in [2.45, 2.75) is 12.1 Å². The molecule has 0 unspecified atom stereocenters. The van der Waals surface area contributed by atoms with Crippen molar-refractivity contribution in [3.05, 3.63) is 40.9 Å². The summed E-state index contributed by atoms with van der Waals surface area (Å²) in [6, 6.07) is 9.51. The van der Waals surface area contributed by atoms with Gasteiger partial charge in [-0.25, -0.2) is 18.5 Å². The van der Waals surface area contributed by atoms with Crippen LogP contribution in [0.15, 0.2) is 35.5 Å². The van der Waals surface area contributed by atoms with E-state index in [0.29, 0.717) is 10.6 Å². The first kappa shape index (κ1) is 16.3. The molecule has 24 heavy (non-hydrogen) atoms. The summed E-state index contributed by atoms with van der Waals surface area (Å²) < 4.78 is 22.7. The van der Waals surface area contributed by atoms with Crippen molar-refractivity contribution in [3.8, 4) is 10.6 Å². The monoisotopic (exact) mass is 363 g/mol. The van der Waals surface area contributed by atoms with E-state index in [9.17, 15) is 13.2 Å². The molecule has 0 spiro atoms. The van der Waals surface area contributed by atoms with Crippen LogP contribution in [0.5, 0.6) is 0 Å². The van der Waals surface area contributed by atoms with E-state index in [0.717, 1.165) is 16.8 Å². The molecule has 0 aliphatic carbocycles. The fraction of sp³-hybridized carbons (Fsp3) is 0.143. The molecule has 0 aliphatic rings. The van der Waals surface area contributed by atoms with E-state index in [2.05, 4.69) is 25.5 Å². The first-order chi connectivity index (χ1) is 11.3. The number of anilines is 1. The zero-order chi connectivity index (χ0) is 17.3. The molecule has 2 aromatic heterocycles. The standard InChI is InChI=1S/C14H13N5O3S2/c1-8-10(23-12(15-8)9-6-4-3-5-7-9)11(20)16-13-17-14(19-18-13)24(2,21)22/h3-7H,1-2H3,(H2,16,17,18,19,20). The average Bonchev–Trinajstić information content (AvgIpc) is 3.14. The van der Waals surface area contributed by atoms with Crippen molar-refractivity contribution in [1.29, 1.82) is 0 Å². The maximum atomic E-state index is 12.4. The van der Waals surface area contributed by atoms with Gasteiger partial charge in [0.2, 0.25) is 20.9 Å². The van der Waals surface area contributed by atoms with Gasteiger partial charge in [-0.05, 0) is 6.92 Å². The van der Waals surface area contributed by atoms with E-state index in [-0.39, 0.29) is 11.1 Å². The fourth-order valence-electron chi connectivity index (χ4n) is 1.94. The predicted molar refractivity (Wildman–Crippen MR) is 89.7 cm³/mol. The number of aromatic amines is 1. The van der Waals surface area contributed by atoms with Gasteiger partial charge in [-0.15, -0.1) is 16.4 Å². The van der Waals surface area contributed by atoms with Crippen molar-refractivity contribution in [1.82, 2.24) is 20.2 Å². The maximum Gasteiger partial charge on any atom is 0.270 e. The van der Waals surface area contributed by atoms with Gasteiger partial charge in [0.05, 0.1) is 5.69 Å². The minimum Gasteiger partial charge on any atom is -0.288 e. The van der Waals surface area contributed by atoms with Gasteiger partial charge in [-0.2, -0.15) is 4.98 Å². The lowest BCUT2D eigenvalue weighted by molar-refractivity contribution is 0.102. The molecule has 3 aromatic rings. The van der Waals surface area contributed by atoms with E-state index in [1.807, 2.05) is 30.3 Å². The summed E-state index contributed by atoms with van der Waals surface area (Å²) in [5.74, 6) is -0.541. The number of aromatic nitrogens is 4. The van der Waals surface area contributed by atoms with Crippen molar-refractivity contribution in [2.24, 2.45) is 0 Å². The Bertz CT molecular complexity index is 993. The van der Waals surface area contributed by atoms with Crippen molar-refractivity contribution >= 4 is 33.0 Å². The molecule has 1 amide bonds. The number of amides is 1. The number of carbonyl (C=O) groups is 1. The number of aryl methyl sites for hydroxylation is 1. The predicted octanol–water partition coefficient (Wildman–Crippen LogP) is 1.89. The Kier molecular flexibility index (Phi) is 4.16. The summed E-state index contributed by atoms with van der Waals surface area (Å²) in [6.45, 7) is 1.73. The van der Waals surface area contributed by atoms with Gasteiger partial charge in [0.25, 0.3) is 5.91 Å². The van der Waals surface area contributed by atoms with E-state index in [1.54, 1.807) is 6.92 Å². The highest BCUT2D eigenvalue weighted by Gasteiger charge is 2.19. The SMILES string of the molecule is Cc1nc(-c2ccccc2)sc1C(=O)Nc1n[nH]c(S(C)(=O)=O)n1. The van der Waals surface area contributed by atoms with E-state index < -0.39 is 15.7 Å². The van der Waals surface area contributed by atoms with E-state index >= 15 is 0 Å². The highest BCUT2D eigenvalue weighted by atomic mass is 32.2. The number of carbonyl (C=O) groups excluding carboxylic acids is 1. The molecular formula is C14H13N5O3S2. The lowest BCUT2D eigenvalue weighted by atomic mass is 10.2. The van der Waals surface area contributed by atoms with Crippen LogP contribution in [0.4, 0.5) is 5.95 Å². The van der Waals surface area contributed by atoms with Crippen LogP contribution in [0.2, 0.25) is 0 Å². The highest BCUT2D eigenvalue weighted by Crippen LogP contribution is 2.28. The zero-order valence-electron chi connectivity index (χ0n) is 12.8. The molecule has 0 atom stereocenters. The second-order valence-corrected chi connectivity index (χ2v) is 7.92. The Balaban J connectivity index is 1.83. The number of thiazole rings is 1. The van der Waals surface area contributed by atoms with Gasteiger partial charge >= 0.3 is 0 Å². The van der Waals surface area contributed by atoms with Crippen LogP contribution in [-0.2, 0) is 9.84 Å². The highest BCUT2D eigenvalue weighted by molar-refractivity contribution is 7.90. The van der Waals surface area contributed by atoms with Crippen LogP contribution in [0, 0.1) is 6.92 Å². The number of H-pyrrole nitrogens is 1. The molecule has 0 aliphatic heterocycles. The lowest BCUT2D eigenvalue weighted by Gasteiger charge is -1.97. The van der Waals surface area contributed by atoms with Crippen LogP contribution >= 0.6 is 11.3 Å². The number of sulfone groups is 1. The third kappa shape index (κ3) is 3.34. The Hall–Kier alpha value is -2.59. The molecule has 3 rings (SSSR count). The van der Waals surface area contributed by atoms with Gasteiger partial charge in [-0.1, -0.05) is 30.3 Å². The number of benzene rings is 1. The number of hydrogen-bond acceptors (Lipinski definition) is 7. The third-order valence-corrected chi connectivity index (χ3v) is 5.16. The average molecular weight is 363 g/mol. The van der Waals surface area contributed by atoms with Crippen LogP contribution in [0.25, 0.3) is 10.6 Å². The van der Waals surface area contributed by atoms with Crippen LogP contribution in [0.1, 0.15) is 15.4 Å². The quantitative estimate of drug-likeness (QED) is 0.731. The minimum absolute atomic E-state index is 0.102. The first-order valence-electron chi connectivity index (χ1n) is 6.81. The molecule has 1 aromatic carbocycles. The van der Waals surface area contributed by atoms with Crippen LogP contribution in [-0.4, -0.2) is 40.7 Å². The van der Waals surface area contributed by atoms with Gasteiger partial charge < -0.3 is 0 Å². The third-order valence-electron chi connectivity index (χ3n) is 3.07. The number of nitrogens with zero attached hydrogens (tertiary/aromatic N) is 3. The van der Waals surface area contributed by atoms with Crippen LogP contribution in [0.3, 0.4) is 0 Å². The largest absolute Gasteiger partial charge is 0.288 e. The summed E-state index contributed by atoms with van der Waals surface area (Å²) in [7, 11) is -3.51. The molecule has 0 saturated heterocycles. The minimum atomic E-state index is -3.51. The topological polar surface area (TPSA) is 118 Å². The molecule has 124 valence electrons. The molecule has 0 fully saturated rings. The molecule has 8 nitrogen and oxygen atoms in total. The van der Waals surface area contributed by atoms with Gasteiger partial charge in [-0.3, -0.25) is 10.1 Å². The Morgan fingerprint density at radius 2 is 1.92 bits per heavy atom. The summed E-state index contributed by atoms with van der Waals surface area (Å²) in [5, 5.41) is 8.85. The summed E-state index contributed by atoms with van der Waals surface area (Å²) in [4.78, 5) is 20.9. The Morgan fingerprint density at radius 3 is 2.54 bits per heavy atom. The van der Waals surface area contributed by atoms with Gasteiger partial charge in [0.15, 0.2) is 0 Å². The molecule has 10 heteroatoms. The second kappa shape index (κ2) is 6.13. The first-order valence-corrected chi connectivity index (χ1v) is 9.52. The van der Waals surface area contributed by atoms with Crippen molar-refractivity contribution < 1.29 is 13.2 Å². The van der Waals surface area contributed by atoms with Crippen LogP contribution < -0.4 is 5.32 Å². The Morgan fingerprint density at radius 1 is 1.21 bits per heavy atom. The van der Waals surface area contributed by atoms with Gasteiger partial charge in [0, 0.05) is 11.8 Å². The normalized spacial score (nSPS) is 11.4. The number of nitrogens with one attached hydrogen (secondary N) is 2. The molecule has 0 radical (unpaired) electrons. The molecule has 2 heterocycles. The summed E-state index contributed by atoms with van der Waals surface area (Å²) >= 11 is 1.25.